The van der Waals surface area contributed by atoms with E-state index in [-0.39, 0.29) is 19.6 Å². The van der Waals surface area contributed by atoms with Gasteiger partial charge in [0.25, 0.3) is 11.7 Å². The molecule has 1 aliphatic heterocycles. The highest BCUT2D eigenvalue weighted by Gasteiger charge is 2.54. The van der Waals surface area contributed by atoms with E-state index in [1.54, 1.807) is 12.1 Å². The second-order valence-electron chi connectivity index (χ2n) is 10.2. The van der Waals surface area contributed by atoms with Crippen molar-refractivity contribution < 1.29 is 43.7 Å². The average Bonchev–Trinajstić information content (AvgIpc) is 3.01. The van der Waals surface area contributed by atoms with Crippen LogP contribution in [-0.2, 0) is 28.7 Å². The van der Waals surface area contributed by atoms with Crippen molar-refractivity contribution in [2.45, 2.75) is 62.7 Å². The fourth-order valence-corrected chi connectivity index (χ4v) is 5.55. The van der Waals surface area contributed by atoms with Crippen molar-refractivity contribution in [3.8, 4) is 11.1 Å². The molecule has 2 aromatic rings. The lowest BCUT2D eigenvalue weighted by molar-refractivity contribution is -0.300. The van der Waals surface area contributed by atoms with Crippen molar-refractivity contribution in [2.75, 3.05) is 24.7 Å². The molecule has 2 aromatic carbocycles. The van der Waals surface area contributed by atoms with Crippen molar-refractivity contribution in [1.29, 1.82) is 0 Å². The number of hydrogen-bond donors (Lipinski definition) is 4. The lowest BCUT2D eigenvalue weighted by Crippen LogP contribution is -2.64. The molecule has 5 atom stereocenters. The van der Waals surface area contributed by atoms with Gasteiger partial charge >= 0.3 is 5.97 Å². The molecule has 4 N–H and O–H groups in total. The number of thioether (sulfide) groups is 1. The van der Waals surface area contributed by atoms with Gasteiger partial charge in [-0.15, -0.1) is 4.91 Å². The molecule has 1 saturated heterocycles. The molecule has 13 nitrogen and oxygen atoms in total. The molecule has 0 bridgehead atoms. The number of benzene rings is 2. The molecule has 238 valence electrons. The third-order valence-electron chi connectivity index (χ3n) is 6.84. The van der Waals surface area contributed by atoms with Crippen LogP contribution in [0.5, 0.6) is 0 Å². The van der Waals surface area contributed by atoms with Gasteiger partial charge in [-0.05, 0) is 41.2 Å². The summed E-state index contributed by atoms with van der Waals surface area (Å²) in [6.45, 7) is 0.983. The normalized spacial score (nSPS) is 21.9. The molecular weight excluding hydrogens is 594 g/mol. The van der Waals surface area contributed by atoms with E-state index in [0.29, 0.717) is 29.9 Å². The highest BCUT2D eigenvalue weighted by atomic mass is 32.2. The monoisotopic (exact) mass is 631 g/mol. The maximum absolute atomic E-state index is 12.8. The number of ether oxygens (including phenoxy) is 2. The van der Waals surface area contributed by atoms with Crippen LogP contribution in [0.25, 0.3) is 11.1 Å². The minimum absolute atomic E-state index is 0.0338. The number of aldehydes is 1. The van der Waals surface area contributed by atoms with Gasteiger partial charge in [0.15, 0.2) is 5.34 Å². The first kappa shape index (κ1) is 34.8. The number of amides is 2. The van der Waals surface area contributed by atoms with E-state index in [1.165, 1.54) is 18.7 Å². The van der Waals surface area contributed by atoms with Gasteiger partial charge in [-0.25, -0.2) is 4.79 Å². The Bertz CT molecular complexity index is 1250. The van der Waals surface area contributed by atoms with Crippen molar-refractivity contribution >= 4 is 35.8 Å². The van der Waals surface area contributed by atoms with E-state index in [0.717, 1.165) is 17.4 Å². The zero-order valence-electron chi connectivity index (χ0n) is 24.3. The SMILES string of the molecule is CC(=O)NC1[C@H](C[C@H](O)CNC(=O)c2ccc(-c3ccccc3)cc2)O[C@@](OCCCSCCC=O)(C(=O)ON=O)C[C@@H]1O. The number of aliphatic hydroxyl groups excluding tert-OH is 2. The summed E-state index contributed by atoms with van der Waals surface area (Å²) in [7, 11) is 0. The number of rotatable bonds is 17. The fourth-order valence-electron chi connectivity index (χ4n) is 4.76. The molecule has 1 aliphatic rings. The maximum Gasteiger partial charge on any atom is 0.397 e. The molecular formula is C30H37N3O10S. The molecule has 44 heavy (non-hydrogen) atoms. The van der Waals surface area contributed by atoms with Gasteiger partial charge in [0.2, 0.25) is 5.91 Å². The number of nitrogens with one attached hydrogen (secondary N) is 2. The molecule has 0 aliphatic carbocycles. The van der Waals surface area contributed by atoms with Crippen molar-refractivity contribution in [3.05, 3.63) is 65.1 Å². The summed E-state index contributed by atoms with van der Waals surface area (Å²) in [6.07, 6.45) is -2.92. The van der Waals surface area contributed by atoms with Gasteiger partial charge in [0, 0.05) is 38.3 Å². The highest BCUT2D eigenvalue weighted by Crippen LogP contribution is 2.34. The molecule has 0 radical (unpaired) electrons. The van der Waals surface area contributed by atoms with Crippen molar-refractivity contribution in [3.63, 3.8) is 0 Å². The number of hydrogen-bond acceptors (Lipinski definition) is 12. The minimum atomic E-state index is -2.25. The van der Waals surface area contributed by atoms with E-state index in [4.69, 9.17) is 9.47 Å². The number of nitrogens with zero attached hydrogens (tertiary/aromatic N) is 1. The van der Waals surface area contributed by atoms with Gasteiger partial charge in [0.1, 0.15) is 6.29 Å². The topological polar surface area (TPSA) is 190 Å². The lowest BCUT2D eigenvalue weighted by atomic mass is 9.90. The van der Waals surface area contributed by atoms with E-state index in [2.05, 4.69) is 20.8 Å². The lowest BCUT2D eigenvalue weighted by Gasteiger charge is -2.45. The molecule has 2 amide bonds. The number of carbonyl (C=O) groups excluding carboxylic acids is 4. The molecule has 0 saturated carbocycles. The van der Waals surface area contributed by atoms with Gasteiger partial charge in [0.05, 0.1) is 31.0 Å². The zero-order valence-corrected chi connectivity index (χ0v) is 25.1. The minimum Gasteiger partial charge on any atom is -0.391 e. The standard InChI is InChI=1S/C30H37N3O10S/c1-20(35)32-27-25(37)18-30(29(39)43-33-40,41-14-6-16-44-15-5-13-34)42-26(27)17-24(36)19-31-28(38)23-11-9-22(10-12-23)21-7-3-2-4-8-21/h2-4,7-13,24-27,36-37H,5-6,14-19H2,1H3,(H,31,38)(H,32,35)/t24-,25-,26-,27?,30+/m0/s1. The van der Waals surface area contributed by atoms with Crippen LogP contribution in [0, 0.1) is 4.91 Å². The van der Waals surface area contributed by atoms with Crippen LogP contribution < -0.4 is 10.6 Å². The average molecular weight is 632 g/mol. The van der Waals surface area contributed by atoms with E-state index in [9.17, 15) is 34.3 Å². The van der Waals surface area contributed by atoms with E-state index >= 15 is 0 Å². The fraction of sp³-hybridized carbons (Fsp3) is 0.467. The van der Waals surface area contributed by atoms with Crippen LogP contribution in [0.3, 0.4) is 0 Å². The summed E-state index contributed by atoms with van der Waals surface area (Å²) in [6, 6.07) is 15.5. The quantitative estimate of drug-likeness (QED) is 0.0866. The van der Waals surface area contributed by atoms with Crippen LogP contribution in [0.4, 0.5) is 0 Å². The van der Waals surface area contributed by atoms with Gasteiger partial charge < -0.3 is 35.1 Å². The number of carbonyl (C=O) groups is 4. The van der Waals surface area contributed by atoms with Gasteiger partial charge in [-0.2, -0.15) is 11.8 Å². The Kier molecular flexibility index (Phi) is 13.9. The van der Waals surface area contributed by atoms with Gasteiger partial charge in [-0.3, -0.25) is 14.4 Å². The van der Waals surface area contributed by atoms with Gasteiger partial charge in [-0.1, -0.05) is 42.5 Å². The molecule has 1 fully saturated rings. The zero-order chi connectivity index (χ0) is 32.0. The van der Waals surface area contributed by atoms with Crippen LogP contribution in [0.2, 0.25) is 0 Å². The summed E-state index contributed by atoms with van der Waals surface area (Å²) in [5, 5.41) is 29.1. The molecule has 0 aromatic heterocycles. The summed E-state index contributed by atoms with van der Waals surface area (Å²) in [5.41, 5.74) is 2.31. The predicted octanol–water partition coefficient (Wildman–Crippen LogP) is 2.14. The summed E-state index contributed by atoms with van der Waals surface area (Å²) >= 11 is 1.50. The molecule has 0 spiro atoms. The second-order valence-corrected chi connectivity index (χ2v) is 11.4. The third-order valence-corrected chi connectivity index (χ3v) is 7.94. The predicted molar refractivity (Wildman–Crippen MR) is 161 cm³/mol. The molecule has 1 heterocycles. The van der Waals surface area contributed by atoms with Crippen LogP contribution in [0.1, 0.15) is 43.0 Å². The van der Waals surface area contributed by atoms with E-state index in [1.807, 2.05) is 42.5 Å². The van der Waals surface area contributed by atoms with E-state index < -0.39 is 54.3 Å². The molecule has 3 rings (SSSR count). The highest BCUT2D eigenvalue weighted by molar-refractivity contribution is 7.99. The molecule has 1 unspecified atom stereocenters. The summed E-state index contributed by atoms with van der Waals surface area (Å²) < 4.78 is 11.7. The summed E-state index contributed by atoms with van der Waals surface area (Å²) in [5.74, 6) is -3.26. The third kappa shape index (κ3) is 10.2. The number of aliphatic hydroxyl groups is 2. The first-order valence-electron chi connectivity index (χ1n) is 14.1. The maximum atomic E-state index is 12.8. The Morgan fingerprint density at radius 2 is 1.84 bits per heavy atom. The summed E-state index contributed by atoms with van der Waals surface area (Å²) in [4.78, 5) is 63.0. The largest absolute Gasteiger partial charge is 0.397 e. The Balaban J connectivity index is 1.66. The van der Waals surface area contributed by atoms with Crippen molar-refractivity contribution in [2.24, 2.45) is 5.34 Å². The Hall–Kier alpha value is -3.69. The first-order valence-corrected chi connectivity index (χ1v) is 15.3. The second kappa shape index (κ2) is 17.6. The smallest absolute Gasteiger partial charge is 0.391 e. The molecule has 14 heteroatoms. The van der Waals surface area contributed by atoms with Crippen LogP contribution >= 0.6 is 11.8 Å². The Labute approximate surface area is 258 Å². The first-order chi connectivity index (χ1) is 21.2. The Morgan fingerprint density at radius 3 is 2.50 bits per heavy atom. The van der Waals surface area contributed by atoms with Crippen LogP contribution in [-0.4, -0.2) is 89.1 Å². The van der Waals surface area contributed by atoms with Crippen molar-refractivity contribution in [1.82, 2.24) is 10.6 Å². The van der Waals surface area contributed by atoms with Crippen LogP contribution in [0.15, 0.2) is 59.9 Å². The Morgan fingerprint density at radius 1 is 1.14 bits per heavy atom.